The first-order chi connectivity index (χ1) is 34.9. The number of alkyl halides is 2. The second-order valence-electron chi connectivity index (χ2n) is 22.9. The van der Waals surface area contributed by atoms with Gasteiger partial charge in [0.25, 0.3) is 12.3 Å². The summed E-state index contributed by atoms with van der Waals surface area (Å²) in [4.78, 5) is 33.0. The van der Waals surface area contributed by atoms with Gasteiger partial charge in [-0.2, -0.15) is 15.5 Å². The highest BCUT2D eigenvalue weighted by Crippen LogP contribution is 2.59. The van der Waals surface area contributed by atoms with E-state index in [0.717, 1.165) is 80.0 Å². The van der Waals surface area contributed by atoms with Gasteiger partial charge in [-0.05, 0) is 116 Å². The maximum Gasteiger partial charge on any atom is 0.264 e. The number of ether oxygens (including phenoxy) is 3. The highest BCUT2D eigenvalue weighted by atomic mass is 19.3. The molecule has 0 atom stereocenters. The molecule has 1 spiro atoms. The number of nitrogens with one attached hydrogen (secondary N) is 1. The van der Waals surface area contributed by atoms with Gasteiger partial charge in [0.1, 0.15) is 29.4 Å². The number of carbonyl (C=O) groups is 2. The second-order valence-corrected chi connectivity index (χ2v) is 22.9. The average Bonchev–Trinajstić information content (AvgIpc) is 3.97. The van der Waals surface area contributed by atoms with Gasteiger partial charge in [0.05, 0.1) is 37.6 Å². The van der Waals surface area contributed by atoms with Crippen LogP contribution in [0.2, 0.25) is 0 Å². The number of amides is 2. The number of anilines is 2. The summed E-state index contributed by atoms with van der Waals surface area (Å²) in [5.74, 6) is 2.56. The van der Waals surface area contributed by atoms with Gasteiger partial charge in [-0.25, -0.2) is 8.78 Å². The van der Waals surface area contributed by atoms with E-state index in [1.807, 2.05) is 35.2 Å². The number of fused-ring (bicyclic) bond motifs is 2. The van der Waals surface area contributed by atoms with Crippen LogP contribution in [0.5, 0.6) is 17.2 Å². The van der Waals surface area contributed by atoms with Crippen LogP contribution < -0.4 is 24.4 Å². The zero-order chi connectivity index (χ0) is 51.1. The normalized spacial score (nSPS) is 25.2. The number of nitriles is 1. The maximum atomic E-state index is 14.8. The second kappa shape index (κ2) is 18.5. The Bertz CT molecular complexity index is 2960. The number of carbonyl (C=O) groups excluding carboxylic acids is 2. The highest BCUT2D eigenvalue weighted by Gasteiger charge is 2.64. The fourth-order valence-corrected chi connectivity index (χ4v) is 14.0. The quantitative estimate of drug-likeness (QED) is 0.128. The van der Waals surface area contributed by atoms with Crippen LogP contribution in [-0.4, -0.2) is 98.8 Å². The van der Waals surface area contributed by atoms with E-state index in [1.54, 1.807) is 55.3 Å². The minimum absolute atomic E-state index is 0.00858. The third-order valence-electron chi connectivity index (χ3n) is 17.5. The summed E-state index contributed by atoms with van der Waals surface area (Å²) in [5, 5.41) is 22.3. The molecular formula is C57H67F2N9O5. The predicted octanol–water partition coefficient (Wildman–Crippen LogP) is 9.73. The number of aryl methyl sites for hydroxylation is 2. The fraction of sp³-hybridized carbons (Fsp3) is 0.526. The third-order valence-corrected chi connectivity index (χ3v) is 17.5. The van der Waals surface area contributed by atoms with E-state index in [4.69, 9.17) is 19.3 Å². The van der Waals surface area contributed by atoms with Crippen molar-refractivity contribution < 1.29 is 32.6 Å². The molecule has 3 aliphatic heterocycles. The molecule has 0 radical (unpaired) electrons. The maximum absolute atomic E-state index is 14.8. The molecule has 1 N–H and O–H groups in total. The number of likely N-dealkylation sites (tertiary alicyclic amines) is 1. The number of hydrogen-bond acceptors (Lipinski definition) is 10. The van der Waals surface area contributed by atoms with Crippen molar-refractivity contribution in [3.8, 4) is 34.4 Å². The van der Waals surface area contributed by atoms with Gasteiger partial charge in [0, 0.05) is 115 Å². The van der Waals surface area contributed by atoms with E-state index in [-0.39, 0.29) is 52.5 Å². The van der Waals surface area contributed by atoms with E-state index in [9.17, 15) is 23.6 Å². The van der Waals surface area contributed by atoms with E-state index >= 15 is 0 Å². The molecule has 2 aromatic heterocycles. The van der Waals surface area contributed by atoms with Crippen LogP contribution >= 0.6 is 0 Å². The molecule has 0 unspecified atom stereocenters. The number of methoxy groups -OCH3 is 1. The average molecular weight is 996 g/mol. The molecule has 11 rings (SSSR count). The summed E-state index contributed by atoms with van der Waals surface area (Å²) in [6, 6.07) is 19.1. The Morgan fingerprint density at radius 3 is 2.27 bits per heavy atom. The molecular weight excluding hydrogens is 929 g/mol. The summed E-state index contributed by atoms with van der Waals surface area (Å²) in [7, 11) is 3.33. The summed E-state index contributed by atoms with van der Waals surface area (Å²) >= 11 is 0. The molecule has 6 aliphatic rings. The van der Waals surface area contributed by atoms with Gasteiger partial charge in [0.2, 0.25) is 5.91 Å². The van der Waals surface area contributed by atoms with E-state index in [2.05, 4.69) is 58.7 Å². The van der Waals surface area contributed by atoms with E-state index in [0.29, 0.717) is 71.3 Å². The summed E-state index contributed by atoms with van der Waals surface area (Å²) in [6.07, 6.45) is 9.51. The summed E-state index contributed by atoms with van der Waals surface area (Å²) < 4.78 is 51.8. The minimum atomic E-state index is -2.66. The third kappa shape index (κ3) is 8.68. The van der Waals surface area contributed by atoms with Crippen molar-refractivity contribution in [3.05, 3.63) is 101 Å². The van der Waals surface area contributed by atoms with Crippen molar-refractivity contribution in [2.45, 2.75) is 136 Å². The van der Waals surface area contributed by atoms with Crippen LogP contribution in [0.1, 0.15) is 130 Å². The van der Waals surface area contributed by atoms with Crippen molar-refractivity contribution in [3.63, 3.8) is 0 Å². The molecule has 5 aromatic rings. The van der Waals surface area contributed by atoms with Crippen LogP contribution in [0, 0.1) is 27.6 Å². The smallest absolute Gasteiger partial charge is 0.264 e. The monoisotopic (exact) mass is 996 g/mol. The molecule has 14 nitrogen and oxygen atoms in total. The molecule has 4 fully saturated rings. The van der Waals surface area contributed by atoms with Gasteiger partial charge < -0.3 is 34.2 Å². The van der Waals surface area contributed by atoms with Gasteiger partial charge >= 0.3 is 0 Å². The zero-order valence-corrected chi connectivity index (χ0v) is 43.1. The van der Waals surface area contributed by atoms with Gasteiger partial charge in [0.15, 0.2) is 5.82 Å². The molecule has 0 bridgehead atoms. The first-order valence-corrected chi connectivity index (χ1v) is 26.1. The van der Waals surface area contributed by atoms with Crippen molar-refractivity contribution >= 4 is 23.3 Å². The molecule has 2 amide bonds. The molecule has 1 saturated heterocycles. The van der Waals surface area contributed by atoms with Gasteiger partial charge in [-0.3, -0.25) is 19.0 Å². The van der Waals surface area contributed by atoms with Crippen molar-refractivity contribution in [2.24, 2.45) is 23.3 Å². The highest BCUT2D eigenvalue weighted by molar-refractivity contribution is 5.94. The SMILES string of the molecule is COc1cc(OC2C(C)(C)C(NC(=O)c3ccc(OC4CC5(C4)CC(N4CCC(n6nc(N7CCCc8cc(-c9cnn(C)c9)c(C(F)F)cc87)c7c6CCN(C(C)=O)C7)CC4)C5)cc3)C2(C)C)ccc1C#N. The molecule has 73 heavy (non-hydrogen) atoms. The number of halogens is 2. The Hall–Kier alpha value is -6.47. The van der Waals surface area contributed by atoms with Crippen LogP contribution in [0.15, 0.2) is 67.0 Å². The Morgan fingerprint density at radius 1 is 0.890 bits per heavy atom. The minimum Gasteiger partial charge on any atom is -0.495 e. The number of nitrogens with zero attached hydrogens (tertiary/aromatic N) is 8. The van der Waals surface area contributed by atoms with Crippen molar-refractivity contribution in [2.75, 3.05) is 38.2 Å². The predicted molar refractivity (Wildman–Crippen MR) is 272 cm³/mol. The van der Waals surface area contributed by atoms with Crippen LogP contribution in [0.3, 0.4) is 0 Å². The van der Waals surface area contributed by atoms with E-state index in [1.165, 1.54) is 25.6 Å². The Morgan fingerprint density at radius 2 is 1.62 bits per heavy atom. The largest absolute Gasteiger partial charge is 0.495 e. The van der Waals surface area contributed by atoms with Gasteiger partial charge in [-0.1, -0.05) is 27.7 Å². The lowest BCUT2D eigenvalue weighted by molar-refractivity contribution is -0.164. The number of benzene rings is 3. The van der Waals surface area contributed by atoms with Crippen molar-refractivity contribution in [1.82, 2.24) is 34.7 Å². The summed E-state index contributed by atoms with van der Waals surface area (Å²) in [5.41, 5.74) is 5.83. The molecule has 16 heteroatoms. The Balaban J connectivity index is 0.683. The number of rotatable bonds is 12. The lowest BCUT2D eigenvalue weighted by Gasteiger charge is -2.63. The number of hydrogen-bond donors (Lipinski definition) is 1. The van der Waals surface area contributed by atoms with Crippen LogP contribution in [0.25, 0.3) is 11.1 Å². The van der Waals surface area contributed by atoms with E-state index < -0.39 is 6.43 Å². The molecule has 3 aromatic carbocycles. The van der Waals surface area contributed by atoms with Gasteiger partial charge in [-0.15, -0.1) is 0 Å². The zero-order valence-electron chi connectivity index (χ0n) is 43.1. The lowest BCUT2D eigenvalue weighted by atomic mass is 9.49. The topological polar surface area (TPSA) is 143 Å². The fourth-order valence-electron chi connectivity index (χ4n) is 14.0. The molecule has 5 heterocycles. The van der Waals surface area contributed by atoms with Crippen molar-refractivity contribution in [1.29, 1.82) is 5.26 Å². The first kappa shape index (κ1) is 48.8. The van der Waals surface area contributed by atoms with Crippen LogP contribution in [-0.2, 0) is 31.2 Å². The number of piperidine rings is 1. The molecule has 384 valence electrons. The lowest BCUT2D eigenvalue weighted by Crippen LogP contribution is -2.74. The van der Waals surface area contributed by atoms with Crippen LogP contribution in [0.4, 0.5) is 20.3 Å². The molecule has 3 saturated carbocycles. The standard InChI is InChI=1S/C57H67F2N9O5/c1-34(69)66-22-18-47-46(33-66)51(67-19-8-9-36-23-44(38-31-61-64(6)32-38)45(50(58)59)25-48(36)67)63-68(47)39-16-20-65(21-17-39)40-26-57(27-40)28-43(29-57)72-41-13-10-35(11-14-41)52(70)62-53-55(2,3)54(56(53,4)5)73-42-15-12-37(30-60)49(24-42)71-7/h10-15,23-25,31-32,39-40,43,50,53-54H,8-9,16-22,26-29,33H2,1-7H3,(H,62,70). The first-order valence-electron chi connectivity index (χ1n) is 26.1. The molecule has 3 aliphatic carbocycles. The number of aromatic nitrogens is 4. The Kier molecular flexibility index (Phi) is 12.3. The summed E-state index contributed by atoms with van der Waals surface area (Å²) in [6.45, 7) is 13.8. The Labute approximate surface area is 426 Å².